The molecule has 37 nitrogen and oxygen atoms in total. The Kier molecular flexibility index (Phi) is 35.3. The van der Waals surface area contributed by atoms with Gasteiger partial charge in [0.2, 0.25) is 46.9 Å². The molecule has 678 valence electrons. The largest absolute Gasteiger partial charge is 3.00 e. The van der Waals surface area contributed by atoms with Crippen molar-refractivity contribution in [1.82, 2.24) is 29.8 Å². The second-order valence-electron chi connectivity index (χ2n) is 33.7. The van der Waals surface area contributed by atoms with E-state index in [-0.39, 0.29) is 132 Å². The fourth-order valence-corrected chi connectivity index (χ4v) is 20.2. The number of ether oxygens (including phenoxy) is 1. The molecular weight excluding hydrogens is 1710 g/mol. The molecule has 2 saturated heterocycles. The molecule has 15 unspecified atom stereocenters. The molecular formula is C83H116ClCoN19O18PS. The number of amides is 7. The van der Waals surface area contributed by atoms with Gasteiger partial charge >= 0.3 is 16.8 Å². The van der Waals surface area contributed by atoms with Crippen LogP contribution in [0.5, 0.6) is 5.75 Å². The Balaban J connectivity index is 0.000000580. The number of aliphatic imine (C=N–C) groups is 3. The molecule has 2 fully saturated rings. The number of aryl methyl sites for hydroxylation is 4. The number of primary amides is 6. The van der Waals surface area contributed by atoms with Crippen molar-refractivity contribution in [3.63, 3.8) is 0 Å². The average molecular weight is 1830 g/mol. The van der Waals surface area contributed by atoms with Gasteiger partial charge in [0.1, 0.15) is 35.7 Å². The molecule has 41 heteroatoms. The number of carbonyl (C=O) groups is 7. The summed E-state index contributed by atoms with van der Waals surface area (Å²) in [5, 5.41) is 72.4. The predicted octanol–water partition coefficient (Wildman–Crippen LogP) is 1.10. The fraction of sp³-hybridized carbons (Fsp3) is 0.566. The van der Waals surface area contributed by atoms with Crippen molar-refractivity contribution in [2.75, 3.05) is 25.5 Å². The summed E-state index contributed by atoms with van der Waals surface area (Å²) < 4.78 is 34.0. The third kappa shape index (κ3) is 22.2. The summed E-state index contributed by atoms with van der Waals surface area (Å²) in [5.41, 5.74) is 47.9. The zero-order chi connectivity index (χ0) is 91.0. The number of fused-ring (bicyclic) bond motifs is 7. The van der Waals surface area contributed by atoms with Crippen molar-refractivity contribution in [1.29, 1.82) is 5.26 Å². The number of anilines is 1. The van der Waals surface area contributed by atoms with Crippen LogP contribution in [-0.2, 0) is 94.9 Å². The van der Waals surface area contributed by atoms with E-state index in [9.17, 15) is 58.3 Å². The van der Waals surface area contributed by atoms with E-state index in [1.807, 2.05) is 99.9 Å². The molecule has 1 aromatic carbocycles. The minimum absolute atomic E-state index is 0. The molecule has 15 atom stereocenters. The van der Waals surface area contributed by atoms with Crippen molar-refractivity contribution >= 4 is 94.5 Å². The van der Waals surface area contributed by atoms with E-state index >= 15 is 0 Å². The van der Waals surface area contributed by atoms with Crippen molar-refractivity contribution in [2.45, 2.75) is 236 Å². The number of rotatable bonds is 32. The van der Waals surface area contributed by atoms with E-state index in [1.165, 1.54) is 28.9 Å². The number of nitrogens with one attached hydrogen (secondary N) is 1. The summed E-state index contributed by atoms with van der Waals surface area (Å²) >= 11 is 1.65. The van der Waals surface area contributed by atoms with Crippen LogP contribution in [0.2, 0.25) is 0 Å². The maximum atomic E-state index is 14.4. The number of imidazole rings is 1. The zero-order valence-corrected chi connectivity index (χ0v) is 75.7. The van der Waals surface area contributed by atoms with Gasteiger partial charge < -0.3 is 129 Å². The van der Waals surface area contributed by atoms with Crippen molar-refractivity contribution in [3.8, 4) is 5.75 Å². The van der Waals surface area contributed by atoms with Crippen molar-refractivity contribution < 1.29 is 121 Å². The Labute approximate surface area is 741 Å². The SMILES string of the molecule is C/C1=C2N=C(/C=C3N=C(/C(C)=C4\[N-]C(C(CC(N)=O)C4(C)CCC(=O)NCC(C)OP(=O)([O-])OC4C(CO)OC(n5cnc6cc(C)c(C)cc65)C4O)C4(C)N=C1C(CCC(N)=O)C4(C)CC(N)=O)C(CCC(N)=O)C\3(C)C)C(CCC(N)=O)C/2(C)CC(N)=O.Cc1ncc(CO)c(CO)c1O.Cc1ncc(C[n+]2csc(CCO)c2C)c(N)n1.[C-]#N.[Cl-].[Co+3]. The number of nitrogens with two attached hydrogens (primary N) is 7. The number of carbonyl (C=O) groups excluding carboxylic acids is 7. The van der Waals surface area contributed by atoms with E-state index < -0.39 is 143 Å². The molecule has 124 heavy (non-hydrogen) atoms. The van der Waals surface area contributed by atoms with E-state index in [0.717, 1.165) is 22.4 Å². The Morgan fingerprint density at radius 2 is 1.39 bits per heavy atom. The van der Waals surface area contributed by atoms with Gasteiger partial charge in [-0.05, 0) is 133 Å². The van der Waals surface area contributed by atoms with E-state index in [0.29, 0.717) is 97.8 Å². The third-order valence-electron chi connectivity index (χ3n) is 25.1. The van der Waals surface area contributed by atoms with Gasteiger partial charge in [-0.3, -0.25) is 58.1 Å². The molecule has 21 N–H and O–H groups in total. The Morgan fingerprint density at radius 1 is 0.782 bits per heavy atom. The third-order valence-corrected chi connectivity index (χ3v) is 27.4. The number of hydrogen-bond donors (Lipinski definition) is 14. The molecule has 0 saturated carbocycles. The van der Waals surface area contributed by atoms with Crippen molar-refractivity contribution in [3.05, 3.63) is 132 Å². The van der Waals surface area contributed by atoms with Crippen molar-refractivity contribution in [2.24, 2.45) is 94.7 Å². The number of thiazole rings is 1. The van der Waals surface area contributed by atoms with Crippen LogP contribution >= 0.6 is 19.2 Å². The predicted molar refractivity (Wildman–Crippen MR) is 449 cm³/mol. The summed E-state index contributed by atoms with van der Waals surface area (Å²) in [7, 11) is -5.32. The van der Waals surface area contributed by atoms with Gasteiger partial charge in [-0.25, -0.2) is 15.0 Å². The smallest absolute Gasteiger partial charge is 1.00 e. The van der Waals surface area contributed by atoms with Crippen LogP contribution in [0.4, 0.5) is 5.82 Å². The number of nitrogens with zero attached hydrogens (tertiary/aromatic N) is 11. The van der Waals surface area contributed by atoms with Gasteiger partial charge in [-0.2, -0.15) is 10.3 Å². The second kappa shape index (κ2) is 42.3. The van der Waals surface area contributed by atoms with E-state index in [4.69, 9.17) is 101 Å². The molecule has 11 rings (SSSR count). The monoisotopic (exact) mass is 1820 g/mol. The quantitative estimate of drug-likeness (QED) is 0.0163. The van der Waals surface area contributed by atoms with Crippen LogP contribution < -0.4 is 67.3 Å². The van der Waals surface area contributed by atoms with Crippen LogP contribution in [0.3, 0.4) is 0 Å². The van der Waals surface area contributed by atoms with E-state index in [1.54, 1.807) is 31.4 Å². The van der Waals surface area contributed by atoms with Gasteiger partial charge in [-0.1, -0.05) is 52.0 Å². The van der Waals surface area contributed by atoms with Crippen LogP contribution in [0, 0.1) is 91.8 Å². The zero-order valence-electron chi connectivity index (χ0n) is 72.2. The standard InChI is InChI=1S/C62H90N13O14P.C12H17N4OS.C8H11NO3.CN.ClH.Co/c1-29-20-39-40(21-30(29)2)75(28-70-39)57-52(84)53(41(27-76)87-57)89-90(85,86)88-31(3)26-69-49(83)18-19-59(8)37(22-46(66)80)56-62(11)61(10,25-48(68)82)36(14-17-45(65)79)51(74-62)33(5)55-60(9,24-47(67)81)34(12-15-43(63)77)38(71-55)23-42-58(6,7)35(13-16-44(64)78)50(72-42)32(4)54(59)73-56;1-8-11(3-4-17)18-7-16(8)6-10-5-14-9(2)15-12(10)13;1-5-8(12)7(4-11)6(3-10)2-9-5;1-2;;/h20-21,23,28,31,34-37,41,52-53,56-57,76,84H,12-19,22,24-27H2,1-11H3,(H15,63,64,65,66,67,68,69,71,72,73,74,77,78,79,80,81,82,83,85,86);5,7,17H,3-4,6H2,1-2H3,(H2,13,14,15);2,10-12H,3-4H2,1H3;;1H;/q;+1;;-1;;+3/p-3. The van der Waals surface area contributed by atoms with Gasteiger partial charge in [0.05, 0.1) is 70.7 Å². The van der Waals surface area contributed by atoms with Crippen LogP contribution in [0.1, 0.15) is 189 Å². The number of phosphoric acid groups is 1. The first-order valence-corrected chi connectivity index (χ1v) is 42.4. The van der Waals surface area contributed by atoms with Gasteiger partial charge in [-0.15, -0.1) is 0 Å². The fourth-order valence-electron chi connectivity index (χ4n) is 18.1. The number of aliphatic hydroxyl groups is 5. The van der Waals surface area contributed by atoms with Gasteiger partial charge in [0, 0.05) is 152 Å². The molecule has 4 aromatic heterocycles. The Morgan fingerprint density at radius 3 is 1.96 bits per heavy atom. The first-order valence-electron chi connectivity index (χ1n) is 40.1. The summed E-state index contributed by atoms with van der Waals surface area (Å²) in [4.78, 5) is 141. The number of pyridine rings is 1. The first kappa shape index (κ1) is 103. The average Bonchev–Trinajstić information content (AvgIpc) is 1.52. The van der Waals surface area contributed by atoms with Crippen LogP contribution in [0.15, 0.2) is 85.7 Å². The minimum Gasteiger partial charge on any atom is -1.00 e. The molecule has 0 aliphatic carbocycles. The topological polar surface area (TPSA) is 638 Å². The molecule has 10 heterocycles. The normalized spacial score (nSPS) is 27.4. The maximum absolute atomic E-state index is 14.4. The second-order valence-corrected chi connectivity index (χ2v) is 35.9. The number of hydrogen-bond acceptors (Lipinski definition) is 28. The number of allylic oxidation sites excluding steroid dienone is 6. The molecule has 6 aliphatic heterocycles. The summed E-state index contributed by atoms with van der Waals surface area (Å²) in [6.45, 7) is 29.6. The number of halogens is 1. The Hall–Kier alpha value is -9.37. The summed E-state index contributed by atoms with van der Waals surface area (Å²) in [6.07, 6.45) is -0.875. The number of aliphatic hydroxyl groups excluding tert-OH is 5. The molecule has 8 bridgehead atoms. The van der Waals surface area contributed by atoms with Gasteiger partial charge in [0.25, 0.3) is 7.82 Å². The molecule has 6 aliphatic rings. The number of phosphoric ester groups is 1. The minimum atomic E-state index is -5.32. The van der Waals surface area contributed by atoms with Crippen LogP contribution in [0.25, 0.3) is 16.4 Å². The van der Waals surface area contributed by atoms with E-state index in [2.05, 4.69) is 29.8 Å². The number of aromatic hydroxyl groups is 1. The van der Waals surface area contributed by atoms with Crippen LogP contribution in [-0.4, -0.2) is 169 Å². The Bertz CT molecular complexity index is 5110. The summed E-state index contributed by atoms with van der Waals surface area (Å²) in [5.74, 6) is -6.23. The maximum Gasteiger partial charge on any atom is 3.00 e. The molecule has 7 amide bonds. The number of aromatic nitrogens is 6. The first-order chi connectivity index (χ1) is 57.1. The molecule has 0 spiro atoms. The van der Waals surface area contributed by atoms with Gasteiger partial charge in [0.15, 0.2) is 18.5 Å². The molecule has 0 radical (unpaired) electrons. The number of benzene rings is 1. The number of nitrogen functional groups attached to an aromatic ring is 1. The molecule has 5 aromatic rings. The summed E-state index contributed by atoms with van der Waals surface area (Å²) in [6, 6.07) is 2.65.